The highest BCUT2D eigenvalue weighted by atomic mass is 32.2. The summed E-state index contributed by atoms with van der Waals surface area (Å²) in [5.74, 6) is 2.02. The van der Waals surface area contributed by atoms with Gasteiger partial charge in [0.05, 0.1) is 33.3 Å². The number of para-hydroxylation sites is 1. The van der Waals surface area contributed by atoms with Gasteiger partial charge in [0.1, 0.15) is 0 Å². The van der Waals surface area contributed by atoms with Crippen molar-refractivity contribution in [3.05, 3.63) is 42.0 Å². The molecule has 0 amide bonds. The molecule has 0 atom stereocenters. The summed E-state index contributed by atoms with van der Waals surface area (Å²) >= 11 is 0. The van der Waals surface area contributed by atoms with E-state index in [9.17, 15) is 8.42 Å². The topological polar surface area (TPSA) is 83.1 Å². The van der Waals surface area contributed by atoms with Gasteiger partial charge in [0.2, 0.25) is 10.0 Å². The van der Waals surface area contributed by atoms with E-state index < -0.39 is 10.0 Å². The summed E-state index contributed by atoms with van der Waals surface area (Å²) in [6, 6.07) is 9.93. The Hall–Kier alpha value is -2.45. The van der Waals surface area contributed by atoms with Crippen molar-refractivity contribution >= 4 is 10.0 Å². The van der Waals surface area contributed by atoms with Gasteiger partial charge in [0.15, 0.2) is 23.0 Å². The number of methoxy groups -OCH3 is 4. The summed E-state index contributed by atoms with van der Waals surface area (Å²) in [7, 11) is 2.37. The van der Waals surface area contributed by atoms with Crippen molar-refractivity contribution in [1.82, 2.24) is 4.72 Å². The Kier molecular flexibility index (Phi) is 6.70. The van der Waals surface area contributed by atoms with Gasteiger partial charge in [0, 0.05) is 12.6 Å². The van der Waals surface area contributed by atoms with Gasteiger partial charge in [-0.2, -0.15) is 0 Å². The van der Waals surface area contributed by atoms with Crippen molar-refractivity contribution < 1.29 is 27.4 Å². The molecule has 1 N–H and O–H groups in total. The molecule has 2 aromatic carbocycles. The first-order chi connectivity index (χ1) is 12.5. The molecule has 0 aliphatic carbocycles. The first kappa shape index (κ1) is 19.9. The first-order valence-corrected chi connectivity index (χ1v) is 9.36. The summed E-state index contributed by atoms with van der Waals surface area (Å²) < 4.78 is 48.5. The van der Waals surface area contributed by atoms with E-state index in [0.29, 0.717) is 29.4 Å². The van der Waals surface area contributed by atoms with Gasteiger partial charge in [-0.15, -0.1) is 0 Å². The maximum atomic E-state index is 12.5. The van der Waals surface area contributed by atoms with Gasteiger partial charge in [-0.1, -0.05) is 12.1 Å². The molecule has 0 bridgehead atoms. The van der Waals surface area contributed by atoms with Crippen LogP contribution in [0.25, 0.3) is 0 Å². The largest absolute Gasteiger partial charge is 0.493 e. The summed E-state index contributed by atoms with van der Waals surface area (Å²) in [4.78, 5) is 0.104. The van der Waals surface area contributed by atoms with Crippen molar-refractivity contribution in [2.45, 2.75) is 11.3 Å². The molecular formula is C18H23NO6S. The summed E-state index contributed by atoms with van der Waals surface area (Å²) in [5, 5.41) is 0. The molecule has 2 rings (SSSR count). The maximum absolute atomic E-state index is 12.5. The number of benzene rings is 2. The van der Waals surface area contributed by atoms with Crippen LogP contribution >= 0.6 is 0 Å². The molecule has 0 spiro atoms. The van der Waals surface area contributed by atoms with Gasteiger partial charge >= 0.3 is 0 Å². The maximum Gasteiger partial charge on any atom is 0.240 e. The highest BCUT2D eigenvalue weighted by Crippen LogP contribution is 2.31. The number of hydrogen-bond donors (Lipinski definition) is 1. The molecule has 8 heteroatoms. The van der Waals surface area contributed by atoms with Gasteiger partial charge in [-0.25, -0.2) is 13.1 Å². The molecule has 0 unspecified atom stereocenters. The molecule has 26 heavy (non-hydrogen) atoms. The summed E-state index contributed by atoms with van der Waals surface area (Å²) in [6.07, 6.45) is 0.451. The van der Waals surface area contributed by atoms with Crippen LogP contribution in [0.2, 0.25) is 0 Å². The molecule has 7 nitrogen and oxygen atoms in total. The van der Waals surface area contributed by atoms with Crippen LogP contribution in [0.5, 0.6) is 23.0 Å². The molecule has 0 fully saturated rings. The molecule has 142 valence electrons. The number of sulfonamides is 1. The zero-order valence-corrected chi connectivity index (χ0v) is 16.1. The van der Waals surface area contributed by atoms with E-state index in [1.807, 2.05) is 12.1 Å². The second-order valence-corrected chi connectivity index (χ2v) is 7.08. The third kappa shape index (κ3) is 4.39. The molecule has 2 aromatic rings. The number of nitrogens with one attached hydrogen (secondary N) is 1. The Morgan fingerprint density at radius 1 is 0.846 bits per heavy atom. The SMILES string of the molecule is COc1ccc(S(=O)(=O)NCCc2cccc(OC)c2OC)cc1OC. The van der Waals surface area contributed by atoms with Gasteiger partial charge in [-0.05, 0) is 30.2 Å². The Morgan fingerprint density at radius 2 is 1.54 bits per heavy atom. The van der Waals surface area contributed by atoms with E-state index in [2.05, 4.69) is 4.72 Å². The quantitative estimate of drug-likeness (QED) is 0.717. The van der Waals surface area contributed by atoms with Crippen molar-refractivity contribution in [2.24, 2.45) is 0 Å². The van der Waals surface area contributed by atoms with E-state index in [1.165, 1.54) is 26.4 Å². The standard InChI is InChI=1S/C18H23NO6S/c1-22-15-9-8-14(12-17(15)24-3)26(20,21)19-11-10-13-6-5-7-16(23-2)18(13)25-4/h5-9,12,19H,10-11H2,1-4H3. The van der Waals surface area contributed by atoms with E-state index in [-0.39, 0.29) is 11.4 Å². The molecule has 0 radical (unpaired) electrons. The minimum atomic E-state index is -3.68. The number of rotatable bonds is 9. The highest BCUT2D eigenvalue weighted by molar-refractivity contribution is 7.89. The van der Waals surface area contributed by atoms with Crippen LogP contribution in [0.3, 0.4) is 0 Å². The summed E-state index contributed by atoms with van der Waals surface area (Å²) in [5.41, 5.74) is 0.849. The molecule has 0 saturated carbocycles. The third-order valence-corrected chi connectivity index (χ3v) is 5.29. The fraction of sp³-hybridized carbons (Fsp3) is 0.333. The lowest BCUT2D eigenvalue weighted by atomic mass is 10.1. The molecule has 0 saturated heterocycles. The van der Waals surface area contributed by atoms with E-state index in [1.54, 1.807) is 26.4 Å². The summed E-state index contributed by atoms with van der Waals surface area (Å²) in [6.45, 7) is 0.209. The normalized spacial score (nSPS) is 11.1. The zero-order valence-electron chi connectivity index (χ0n) is 15.2. The predicted octanol–water partition coefficient (Wildman–Crippen LogP) is 2.24. The lowest BCUT2D eigenvalue weighted by molar-refractivity contribution is 0.351. The smallest absolute Gasteiger partial charge is 0.240 e. The fourth-order valence-electron chi connectivity index (χ4n) is 2.54. The molecule has 0 aromatic heterocycles. The molecular weight excluding hydrogens is 358 g/mol. The minimum absolute atomic E-state index is 0.104. The van der Waals surface area contributed by atoms with E-state index >= 15 is 0 Å². The van der Waals surface area contributed by atoms with Gasteiger partial charge < -0.3 is 18.9 Å². The monoisotopic (exact) mass is 381 g/mol. The lowest BCUT2D eigenvalue weighted by Crippen LogP contribution is -2.26. The van der Waals surface area contributed by atoms with Crippen molar-refractivity contribution in [3.63, 3.8) is 0 Å². The third-order valence-electron chi connectivity index (χ3n) is 3.84. The Bertz CT molecular complexity index is 851. The minimum Gasteiger partial charge on any atom is -0.493 e. The number of ether oxygens (including phenoxy) is 4. The second-order valence-electron chi connectivity index (χ2n) is 5.32. The Labute approximate surface area is 153 Å². The van der Waals surface area contributed by atoms with Crippen LogP contribution < -0.4 is 23.7 Å². The van der Waals surface area contributed by atoms with Crippen LogP contribution in [0, 0.1) is 0 Å². The van der Waals surface area contributed by atoms with Crippen LogP contribution in [0.1, 0.15) is 5.56 Å². The molecule has 0 aliphatic heterocycles. The highest BCUT2D eigenvalue weighted by Gasteiger charge is 2.17. The van der Waals surface area contributed by atoms with Crippen LogP contribution in [-0.2, 0) is 16.4 Å². The van der Waals surface area contributed by atoms with Crippen LogP contribution in [-0.4, -0.2) is 43.4 Å². The Morgan fingerprint density at radius 3 is 2.15 bits per heavy atom. The number of hydrogen-bond acceptors (Lipinski definition) is 6. The van der Waals surface area contributed by atoms with Crippen molar-refractivity contribution in [1.29, 1.82) is 0 Å². The van der Waals surface area contributed by atoms with Gasteiger partial charge in [-0.3, -0.25) is 0 Å². The van der Waals surface area contributed by atoms with Crippen LogP contribution in [0.4, 0.5) is 0 Å². The average Bonchev–Trinajstić information content (AvgIpc) is 2.66. The average molecular weight is 381 g/mol. The van der Waals surface area contributed by atoms with E-state index in [4.69, 9.17) is 18.9 Å². The van der Waals surface area contributed by atoms with Gasteiger partial charge in [0.25, 0.3) is 0 Å². The lowest BCUT2D eigenvalue weighted by Gasteiger charge is -2.13. The Balaban J connectivity index is 2.12. The zero-order chi connectivity index (χ0) is 19.2. The van der Waals surface area contributed by atoms with Crippen LogP contribution in [0.15, 0.2) is 41.3 Å². The van der Waals surface area contributed by atoms with Crippen molar-refractivity contribution in [2.75, 3.05) is 35.0 Å². The first-order valence-electron chi connectivity index (χ1n) is 7.88. The predicted molar refractivity (Wildman–Crippen MR) is 98.0 cm³/mol. The molecule has 0 heterocycles. The van der Waals surface area contributed by atoms with E-state index in [0.717, 1.165) is 5.56 Å². The molecule has 0 aliphatic rings. The fourth-order valence-corrected chi connectivity index (χ4v) is 3.58. The van der Waals surface area contributed by atoms with Crippen molar-refractivity contribution in [3.8, 4) is 23.0 Å². The second kappa shape index (κ2) is 8.77.